The standard InChI is InChI=1S/C12H11N3O/c1-2-8-16-10-11-9-15(14-13-11)12-6-4-3-5-7-12/h1,3-7,9H,8,10H2. The van der Waals surface area contributed by atoms with E-state index >= 15 is 0 Å². The molecule has 0 spiro atoms. The predicted octanol–water partition coefficient (Wildman–Crippen LogP) is 1.42. The molecule has 0 bridgehead atoms. The zero-order chi connectivity index (χ0) is 11.2. The SMILES string of the molecule is C#CCOCc1cn(-c2ccccc2)nn1. The molecule has 1 heterocycles. The summed E-state index contributed by atoms with van der Waals surface area (Å²) in [4.78, 5) is 0. The maximum Gasteiger partial charge on any atom is 0.109 e. The molecule has 16 heavy (non-hydrogen) atoms. The minimum absolute atomic E-state index is 0.290. The summed E-state index contributed by atoms with van der Waals surface area (Å²) in [5.74, 6) is 2.40. The van der Waals surface area contributed by atoms with Gasteiger partial charge in [0.2, 0.25) is 0 Å². The van der Waals surface area contributed by atoms with Crippen molar-refractivity contribution in [3.05, 3.63) is 42.2 Å². The number of rotatable bonds is 4. The molecule has 0 radical (unpaired) electrons. The first-order chi connectivity index (χ1) is 7.90. The molecule has 0 amide bonds. The number of nitrogens with zero attached hydrogens (tertiary/aromatic N) is 3. The molecular formula is C12H11N3O. The number of hydrogen-bond acceptors (Lipinski definition) is 3. The van der Waals surface area contributed by atoms with Crippen LogP contribution in [-0.2, 0) is 11.3 Å². The van der Waals surface area contributed by atoms with Gasteiger partial charge in [0, 0.05) is 0 Å². The molecule has 0 unspecified atom stereocenters. The third kappa shape index (κ3) is 2.47. The molecule has 80 valence electrons. The molecule has 0 atom stereocenters. The maximum atomic E-state index is 5.17. The Morgan fingerprint density at radius 2 is 2.12 bits per heavy atom. The van der Waals surface area contributed by atoms with Gasteiger partial charge in [-0.05, 0) is 12.1 Å². The van der Waals surface area contributed by atoms with Crippen molar-refractivity contribution in [1.29, 1.82) is 0 Å². The quantitative estimate of drug-likeness (QED) is 0.569. The number of terminal acetylenes is 1. The van der Waals surface area contributed by atoms with E-state index in [1.54, 1.807) is 4.68 Å². The minimum Gasteiger partial charge on any atom is -0.362 e. The summed E-state index contributed by atoms with van der Waals surface area (Å²) >= 11 is 0. The van der Waals surface area contributed by atoms with E-state index in [1.165, 1.54) is 0 Å². The van der Waals surface area contributed by atoms with Crippen LogP contribution in [0.25, 0.3) is 5.69 Å². The second kappa shape index (κ2) is 5.10. The molecule has 2 rings (SSSR count). The van der Waals surface area contributed by atoms with Crippen LogP contribution in [0.5, 0.6) is 0 Å². The summed E-state index contributed by atoms with van der Waals surface area (Å²) in [6, 6.07) is 9.77. The van der Waals surface area contributed by atoms with Crippen LogP contribution < -0.4 is 0 Å². The van der Waals surface area contributed by atoms with Crippen LogP contribution in [0.3, 0.4) is 0 Å². The van der Waals surface area contributed by atoms with Gasteiger partial charge in [0.1, 0.15) is 12.3 Å². The fourth-order valence-electron chi connectivity index (χ4n) is 1.29. The van der Waals surface area contributed by atoms with E-state index in [-0.39, 0.29) is 6.61 Å². The second-order valence-corrected chi connectivity index (χ2v) is 3.19. The van der Waals surface area contributed by atoms with Crippen LogP contribution in [0.4, 0.5) is 0 Å². The first kappa shape index (κ1) is 10.4. The first-order valence-electron chi connectivity index (χ1n) is 4.88. The number of hydrogen-bond donors (Lipinski definition) is 0. The third-order valence-electron chi connectivity index (χ3n) is 2.00. The van der Waals surface area contributed by atoms with Crippen molar-refractivity contribution >= 4 is 0 Å². The molecule has 0 fully saturated rings. The molecule has 0 N–H and O–H groups in total. The Morgan fingerprint density at radius 1 is 1.31 bits per heavy atom. The summed E-state index contributed by atoms with van der Waals surface area (Å²) in [7, 11) is 0. The van der Waals surface area contributed by atoms with E-state index in [4.69, 9.17) is 11.2 Å². The lowest BCUT2D eigenvalue weighted by Gasteiger charge is -1.97. The van der Waals surface area contributed by atoms with Gasteiger partial charge >= 0.3 is 0 Å². The summed E-state index contributed by atoms with van der Waals surface area (Å²) in [5, 5.41) is 7.98. The van der Waals surface area contributed by atoms with Crippen molar-refractivity contribution in [2.24, 2.45) is 0 Å². The van der Waals surface area contributed by atoms with Crippen LogP contribution in [-0.4, -0.2) is 21.6 Å². The summed E-state index contributed by atoms with van der Waals surface area (Å²) in [6.07, 6.45) is 6.90. The zero-order valence-electron chi connectivity index (χ0n) is 8.71. The van der Waals surface area contributed by atoms with Crippen LogP contribution in [0.15, 0.2) is 36.5 Å². The second-order valence-electron chi connectivity index (χ2n) is 3.19. The zero-order valence-corrected chi connectivity index (χ0v) is 8.71. The Morgan fingerprint density at radius 3 is 2.88 bits per heavy atom. The van der Waals surface area contributed by atoms with E-state index in [1.807, 2.05) is 36.5 Å². The Hall–Kier alpha value is -2.12. The van der Waals surface area contributed by atoms with Gasteiger partial charge in [0.05, 0.1) is 18.5 Å². The lowest BCUT2D eigenvalue weighted by Crippen LogP contribution is -1.93. The lowest BCUT2D eigenvalue weighted by molar-refractivity contribution is 0.150. The highest BCUT2D eigenvalue weighted by Gasteiger charge is 2.01. The Labute approximate surface area is 93.9 Å². The number of para-hydroxylation sites is 1. The smallest absolute Gasteiger partial charge is 0.109 e. The number of aromatic nitrogens is 3. The molecule has 4 heteroatoms. The summed E-state index contributed by atoms with van der Waals surface area (Å²) in [5.41, 5.74) is 1.73. The van der Waals surface area contributed by atoms with E-state index < -0.39 is 0 Å². The molecule has 1 aromatic heterocycles. The Kier molecular flexibility index (Phi) is 3.31. The lowest BCUT2D eigenvalue weighted by atomic mass is 10.3. The Bertz CT molecular complexity index is 484. The van der Waals surface area contributed by atoms with Gasteiger partial charge in [0.15, 0.2) is 0 Å². The normalized spacial score (nSPS) is 9.94. The Balaban J connectivity index is 2.06. The summed E-state index contributed by atoms with van der Waals surface area (Å²) < 4.78 is 6.87. The monoisotopic (exact) mass is 213 g/mol. The van der Waals surface area contributed by atoms with Gasteiger partial charge in [-0.15, -0.1) is 11.5 Å². The highest BCUT2D eigenvalue weighted by Crippen LogP contribution is 2.05. The molecule has 4 nitrogen and oxygen atoms in total. The minimum atomic E-state index is 0.290. The highest BCUT2D eigenvalue weighted by atomic mass is 16.5. The van der Waals surface area contributed by atoms with Crippen LogP contribution >= 0.6 is 0 Å². The molecule has 0 saturated carbocycles. The summed E-state index contributed by atoms with van der Waals surface area (Å²) in [6.45, 7) is 0.676. The van der Waals surface area contributed by atoms with Crippen molar-refractivity contribution in [3.8, 4) is 18.0 Å². The molecular weight excluding hydrogens is 202 g/mol. The molecule has 0 aliphatic rings. The molecule has 0 aliphatic heterocycles. The van der Waals surface area contributed by atoms with Crippen LogP contribution in [0.1, 0.15) is 5.69 Å². The van der Waals surface area contributed by atoms with Crippen molar-refractivity contribution < 1.29 is 4.74 Å². The van der Waals surface area contributed by atoms with Crippen molar-refractivity contribution in [3.63, 3.8) is 0 Å². The fourth-order valence-corrected chi connectivity index (χ4v) is 1.29. The first-order valence-corrected chi connectivity index (χ1v) is 4.88. The molecule has 1 aromatic carbocycles. The maximum absolute atomic E-state index is 5.17. The average Bonchev–Trinajstić information content (AvgIpc) is 2.79. The van der Waals surface area contributed by atoms with Gasteiger partial charge in [-0.2, -0.15) is 0 Å². The van der Waals surface area contributed by atoms with E-state index in [0.29, 0.717) is 6.61 Å². The van der Waals surface area contributed by atoms with E-state index in [9.17, 15) is 0 Å². The van der Waals surface area contributed by atoms with E-state index in [0.717, 1.165) is 11.4 Å². The third-order valence-corrected chi connectivity index (χ3v) is 2.00. The van der Waals surface area contributed by atoms with E-state index in [2.05, 4.69) is 16.2 Å². The molecule has 2 aromatic rings. The molecule has 0 saturated heterocycles. The van der Waals surface area contributed by atoms with Gasteiger partial charge in [0.25, 0.3) is 0 Å². The largest absolute Gasteiger partial charge is 0.362 e. The number of ether oxygens (including phenoxy) is 1. The van der Waals surface area contributed by atoms with Gasteiger partial charge in [-0.3, -0.25) is 0 Å². The van der Waals surface area contributed by atoms with Crippen molar-refractivity contribution in [2.75, 3.05) is 6.61 Å². The average molecular weight is 213 g/mol. The molecule has 0 aliphatic carbocycles. The van der Waals surface area contributed by atoms with Crippen molar-refractivity contribution in [2.45, 2.75) is 6.61 Å². The van der Waals surface area contributed by atoms with Gasteiger partial charge in [-0.1, -0.05) is 29.3 Å². The van der Waals surface area contributed by atoms with Crippen LogP contribution in [0, 0.1) is 12.3 Å². The van der Waals surface area contributed by atoms with Gasteiger partial charge < -0.3 is 4.74 Å². The van der Waals surface area contributed by atoms with Gasteiger partial charge in [-0.25, -0.2) is 4.68 Å². The van der Waals surface area contributed by atoms with Crippen LogP contribution in [0.2, 0.25) is 0 Å². The predicted molar refractivity (Wildman–Crippen MR) is 59.8 cm³/mol. The fraction of sp³-hybridized carbons (Fsp3) is 0.167. The van der Waals surface area contributed by atoms with Crippen molar-refractivity contribution in [1.82, 2.24) is 15.0 Å². The topological polar surface area (TPSA) is 39.9 Å². The highest BCUT2D eigenvalue weighted by molar-refractivity contribution is 5.29. The number of benzene rings is 1.